The quantitative estimate of drug-likeness (QED) is 0.782. The van der Waals surface area contributed by atoms with E-state index in [1.807, 2.05) is 6.92 Å². The van der Waals surface area contributed by atoms with Gasteiger partial charge in [-0.1, -0.05) is 6.92 Å². The molecule has 0 spiro atoms. The number of sulfonamides is 1. The van der Waals surface area contributed by atoms with Gasteiger partial charge < -0.3 is 5.32 Å². The molecule has 124 valence electrons. The molecule has 2 rings (SSSR count). The molecule has 6 nitrogen and oxygen atoms in total. The molecule has 2 heterocycles. The Labute approximate surface area is 128 Å². The Morgan fingerprint density at radius 2 is 1.57 bits per heavy atom. The maximum atomic E-state index is 12.0. The molecule has 0 aromatic carbocycles. The molecule has 0 amide bonds. The largest absolute Gasteiger partial charge is 0.311 e. The SMILES string of the molecule is CCCS(=O)(=O)N1CCC(NC2CCS(=O)(=O)CC2)CC1. The van der Waals surface area contributed by atoms with Crippen LogP contribution >= 0.6 is 0 Å². The van der Waals surface area contributed by atoms with Crippen LogP contribution in [0.5, 0.6) is 0 Å². The van der Waals surface area contributed by atoms with Crippen LogP contribution in [-0.2, 0) is 19.9 Å². The third-order valence-electron chi connectivity index (χ3n) is 4.34. The summed E-state index contributed by atoms with van der Waals surface area (Å²) in [5.41, 5.74) is 0. The van der Waals surface area contributed by atoms with E-state index in [-0.39, 0.29) is 23.3 Å². The minimum atomic E-state index is -3.08. The van der Waals surface area contributed by atoms with Crippen LogP contribution in [0.15, 0.2) is 0 Å². The van der Waals surface area contributed by atoms with Crippen molar-refractivity contribution in [1.29, 1.82) is 0 Å². The molecule has 21 heavy (non-hydrogen) atoms. The van der Waals surface area contributed by atoms with Gasteiger partial charge in [-0.25, -0.2) is 21.1 Å². The van der Waals surface area contributed by atoms with Gasteiger partial charge in [0.05, 0.1) is 17.3 Å². The molecule has 0 aromatic rings. The van der Waals surface area contributed by atoms with Crippen LogP contribution in [0.1, 0.15) is 39.0 Å². The van der Waals surface area contributed by atoms with E-state index in [2.05, 4.69) is 5.32 Å². The predicted molar refractivity (Wildman–Crippen MR) is 83.5 cm³/mol. The summed E-state index contributed by atoms with van der Waals surface area (Å²) in [7, 11) is -5.90. The maximum absolute atomic E-state index is 12.0. The second-order valence-electron chi connectivity index (χ2n) is 6.08. The molecule has 0 saturated carbocycles. The van der Waals surface area contributed by atoms with Gasteiger partial charge in [0.2, 0.25) is 10.0 Å². The zero-order valence-corrected chi connectivity index (χ0v) is 14.3. The fourth-order valence-electron chi connectivity index (χ4n) is 3.08. The molecule has 0 radical (unpaired) electrons. The fourth-order valence-corrected chi connectivity index (χ4v) is 6.11. The van der Waals surface area contributed by atoms with Crippen LogP contribution in [0, 0.1) is 0 Å². The molecule has 0 unspecified atom stereocenters. The second kappa shape index (κ2) is 6.93. The molecule has 0 atom stereocenters. The first-order chi connectivity index (χ1) is 9.82. The van der Waals surface area contributed by atoms with Gasteiger partial charge >= 0.3 is 0 Å². The normalized spacial score (nSPS) is 26.0. The van der Waals surface area contributed by atoms with E-state index in [4.69, 9.17) is 0 Å². The summed E-state index contributed by atoms with van der Waals surface area (Å²) in [5, 5.41) is 3.51. The van der Waals surface area contributed by atoms with Crippen molar-refractivity contribution >= 4 is 19.9 Å². The third-order valence-corrected chi connectivity index (χ3v) is 8.13. The highest BCUT2D eigenvalue weighted by Crippen LogP contribution is 2.18. The first-order valence-corrected chi connectivity index (χ1v) is 11.2. The molecule has 2 aliphatic heterocycles. The highest BCUT2D eigenvalue weighted by molar-refractivity contribution is 7.91. The number of nitrogens with one attached hydrogen (secondary N) is 1. The van der Waals surface area contributed by atoms with Gasteiger partial charge in [-0.05, 0) is 32.1 Å². The van der Waals surface area contributed by atoms with Crippen molar-refractivity contribution in [2.24, 2.45) is 0 Å². The number of hydrogen-bond donors (Lipinski definition) is 1. The Kier molecular flexibility index (Phi) is 5.67. The summed E-state index contributed by atoms with van der Waals surface area (Å²) < 4.78 is 48.4. The molecule has 2 aliphatic rings. The molecule has 1 N–H and O–H groups in total. The van der Waals surface area contributed by atoms with E-state index in [1.54, 1.807) is 4.31 Å². The lowest BCUT2D eigenvalue weighted by atomic mass is 10.0. The third kappa shape index (κ3) is 4.91. The summed E-state index contributed by atoms with van der Waals surface area (Å²) in [6.07, 6.45) is 3.63. The van der Waals surface area contributed by atoms with Crippen molar-refractivity contribution in [1.82, 2.24) is 9.62 Å². The van der Waals surface area contributed by atoms with Crippen molar-refractivity contribution in [3.63, 3.8) is 0 Å². The van der Waals surface area contributed by atoms with E-state index in [0.717, 1.165) is 12.8 Å². The van der Waals surface area contributed by atoms with Crippen molar-refractivity contribution in [3.8, 4) is 0 Å². The highest BCUT2D eigenvalue weighted by Gasteiger charge is 2.30. The van der Waals surface area contributed by atoms with Crippen molar-refractivity contribution in [2.75, 3.05) is 30.3 Å². The Balaban J connectivity index is 1.77. The van der Waals surface area contributed by atoms with Gasteiger partial charge in [-0.3, -0.25) is 0 Å². The summed E-state index contributed by atoms with van der Waals surface area (Å²) in [5.74, 6) is 0.772. The minimum absolute atomic E-state index is 0.228. The molecular formula is C13H26N2O4S2. The van der Waals surface area contributed by atoms with Crippen molar-refractivity contribution in [2.45, 2.75) is 51.1 Å². The monoisotopic (exact) mass is 338 g/mol. The number of sulfone groups is 1. The Bertz CT molecular complexity index is 523. The van der Waals surface area contributed by atoms with Gasteiger partial charge in [0, 0.05) is 25.2 Å². The Hall–Kier alpha value is -0.180. The van der Waals surface area contributed by atoms with Gasteiger partial charge in [-0.15, -0.1) is 0 Å². The molecule has 0 aliphatic carbocycles. The topological polar surface area (TPSA) is 83.6 Å². The Morgan fingerprint density at radius 3 is 2.10 bits per heavy atom. The lowest BCUT2D eigenvalue weighted by molar-refractivity contribution is 0.267. The maximum Gasteiger partial charge on any atom is 0.214 e. The van der Waals surface area contributed by atoms with Gasteiger partial charge in [0.1, 0.15) is 9.84 Å². The van der Waals surface area contributed by atoms with Crippen LogP contribution in [0.4, 0.5) is 0 Å². The van der Waals surface area contributed by atoms with Crippen LogP contribution < -0.4 is 5.32 Å². The van der Waals surface area contributed by atoms with Gasteiger partial charge in [0.15, 0.2) is 0 Å². The molecule has 0 aromatic heterocycles. The molecule has 0 bridgehead atoms. The smallest absolute Gasteiger partial charge is 0.214 e. The lowest BCUT2D eigenvalue weighted by Gasteiger charge is -2.35. The van der Waals surface area contributed by atoms with E-state index in [1.165, 1.54) is 0 Å². The second-order valence-corrected chi connectivity index (χ2v) is 10.5. The summed E-state index contributed by atoms with van der Waals surface area (Å²) >= 11 is 0. The van der Waals surface area contributed by atoms with E-state index < -0.39 is 19.9 Å². The molecule has 2 saturated heterocycles. The van der Waals surface area contributed by atoms with E-state index in [9.17, 15) is 16.8 Å². The highest BCUT2D eigenvalue weighted by atomic mass is 32.2. The fraction of sp³-hybridized carbons (Fsp3) is 1.00. The number of rotatable bonds is 5. The standard InChI is InChI=1S/C13H26N2O4S2/c1-2-9-21(18,19)15-7-3-12(4-8-15)14-13-5-10-20(16,17)11-6-13/h12-14H,2-11H2,1H3. The van der Waals surface area contributed by atoms with Crippen LogP contribution in [0.3, 0.4) is 0 Å². The summed E-state index contributed by atoms with van der Waals surface area (Å²) in [4.78, 5) is 0. The summed E-state index contributed by atoms with van der Waals surface area (Å²) in [6.45, 7) is 3.03. The van der Waals surface area contributed by atoms with Crippen LogP contribution in [-0.4, -0.2) is 63.6 Å². The first-order valence-electron chi connectivity index (χ1n) is 7.77. The van der Waals surface area contributed by atoms with Gasteiger partial charge in [0.25, 0.3) is 0 Å². The molecular weight excluding hydrogens is 312 g/mol. The van der Waals surface area contributed by atoms with Crippen LogP contribution in [0.2, 0.25) is 0 Å². The average Bonchev–Trinajstić information content (AvgIpc) is 2.42. The average molecular weight is 338 g/mol. The predicted octanol–water partition coefficient (Wildman–Crippen LogP) is 0.357. The van der Waals surface area contributed by atoms with E-state index in [0.29, 0.717) is 38.4 Å². The molecule has 8 heteroatoms. The van der Waals surface area contributed by atoms with Crippen LogP contribution in [0.25, 0.3) is 0 Å². The zero-order valence-electron chi connectivity index (χ0n) is 12.6. The lowest BCUT2D eigenvalue weighted by Crippen LogP contribution is -2.49. The first kappa shape index (κ1) is 17.2. The minimum Gasteiger partial charge on any atom is -0.311 e. The van der Waals surface area contributed by atoms with Crippen molar-refractivity contribution in [3.05, 3.63) is 0 Å². The number of piperidine rings is 1. The summed E-state index contributed by atoms with van der Waals surface area (Å²) in [6, 6.07) is 0.571. The van der Waals surface area contributed by atoms with Crippen molar-refractivity contribution < 1.29 is 16.8 Å². The molecule has 2 fully saturated rings. The van der Waals surface area contributed by atoms with E-state index >= 15 is 0 Å². The Morgan fingerprint density at radius 1 is 1.05 bits per heavy atom. The number of hydrogen-bond acceptors (Lipinski definition) is 5. The van der Waals surface area contributed by atoms with Gasteiger partial charge in [-0.2, -0.15) is 0 Å². The zero-order chi connectivity index (χ0) is 15.5. The number of nitrogens with zero attached hydrogens (tertiary/aromatic N) is 1.